The number of hydrogen-bond donors (Lipinski definition) is 1. The molecule has 0 amide bonds. The van der Waals surface area contributed by atoms with Gasteiger partial charge >= 0.3 is 12.1 Å². The highest BCUT2D eigenvalue weighted by molar-refractivity contribution is 7.92. The lowest BCUT2D eigenvalue weighted by Crippen LogP contribution is -2.35. The van der Waals surface area contributed by atoms with Crippen LogP contribution in [0, 0.1) is 13.8 Å². The van der Waals surface area contributed by atoms with Gasteiger partial charge in [-0.15, -0.1) is 23.0 Å². The SMILES string of the molecule is COc1cc(C)nc(-n2nc(C)n(NS(=O)(=O)c3ccccc3OC(F)(F)F)c2=O)n1. The number of methoxy groups -OCH3 is 1. The lowest BCUT2D eigenvalue weighted by Gasteiger charge is -2.14. The number of ether oxygens (including phenoxy) is 2. The first-order chi connectivity index (χ1) is 14.4. The Labute approximate surface area is 173 Å². The molecule has 0 radical (unpaired) electrons. The molecule has 3 aromatic rings. The smallest absolute Gasteiger partial charge is 0.481 e. The number of rotatable bonds is 6. The first kappa shape index (κ1) is 22.1. The summed E-state index contributed by atoms with van der Waals surface area (Å²) in [6.07, 6.45) is -5.12. The fourth-order valence-corrected chi connectivity index (χ4v) is 3.66. The van der Waals surface area contributed by atoms with Gasteiger partial charge in [-0.05, 0) is 26.0 Å². The molecular formula is C16H15F3N6O5S. The lowest BCUT2D eigenvalue weighted by atomic mass is 10.3. The van der Waals surface area contributed by atoms with E-state index >= 15 is 0 Å². The molecule has 11 nitrogen and oxygen atoms in total. The van der Waals surface area contributed by atoms with Gasteiger partial charge in [0.2, 0.25) is 5.88 Å². The van der Waals surface area contributed by atoms with Crippen LogP contribution in [-0.2, 0) is 10.0 Å². The zero-order valence-corrected chi connectivity index (χ0v) is 17.0. The number of hydrogen-bond acceptors (Lipinski definition) is 8. The molecule has 3 rings (SSSR count). The maximum absolute atomic E-state index is 12.7. The minimum absolute atomic E-state index is 0.133. The average Bonchev–Trinajstić information content (AvgIpc) is 2.94. The molecule has 2 heterocycles. The van der Waals surface area contributed by atoms with Crippen molar-refractivity contribution in [2.45, 2.75) is 25.1 Å². The third-order valence-corrected chi connectivity index (χ3v) is 5.07. The Bertz CT molecular complexity index is 1290. The summed E-state index contributed by atoms with van der Waals surface area (Å²) < 4.78 is 73.3. The van der Waals surface area contributed by atoms with Crippen LogP contribution in [0.5, 0.6) is 11.6 Å². The molecule has 0 saturated carbocycles. The number of halogens is 3. The number of aromatic nitrogens is 5. The lowest BCUT2D eigenvalue weighted by molar-refractivity contribution is -0.275. The van der Waals surface area contributed by atoms with Gasteiger partial charge in [-0.1, -0.05) is 12.1 Å². The molecule has 2 aromatic heterocycles. The van der Waals surface area contributed by atoms with Crippen molar-refractivity contribution in [1.82, 2.24) is 24.4 Å². The van der Waals surface area contributed by atoms with Crippen molar-refractivity contribution in [3.05, 3.63) is 52.3 Å². The first-order valence-electron chi connectivity index (χ1n) is 8.37. The van der Waals surface area contributed by atoms with Crippen molar-refractivity contribution >= 4 is 10.0 Å². The molecule has 0 unspecified atom stereocenters. The van der Waals surface area contributed by atoms with Gasteiger partial charge in [0.1, 0.15) is 10.6 Å². The second-order valence-electron chi connectivity index (χ2n) is 6.02. The molecule has 0 aliphatic rings. The van der Waals surface area contributed by atoms with Gasteiger partial charge in [0.25, 0.3) is 16.0 Å². The molecule has 0 atom stereocenters. The number of benzene rings is 1. The molecule has 0 bridgehead atoms. The summed E-state index contributed by atoms with van der Waals surface area (Å²) >= 11 is 0. The van der Waals surface area contributed by atoms with Gasteiger partial charge in [0, 0.05) is 11.8 Å². The van der Waals surface area contributed by atoms with Crippen LogP contribution in [0.15, 0.2) is 40.0 Å². The molecular weight excluding hydrogens is 445 g/mol. The van der Waals surface area contributed by atoms with E-state index in [9.17, 15) is 26.4 Å². The summed E-state index contributed by atoms with van der Waals surface area (Å²) in [4.78, 5) is 21.8. The summed E-state index contributed by atoms with van der Waals surface area (Å²) in [5, 5.41) is 3.90. The molecule has 0 saturated heterocycles. The molecule has 31 heavy (non-hydrogen) atoms. The van der Waals surface area contributed by atoms with E-state index < -0.39 is 32.7 Å². The minimum atomic E-state index is -5.12. The Morgan fingerprint density at radius 2 is 1.81 bits per heavy atom. The van der Waals surface area contributed by atoms with Crippen LogP contribution in [0.4, 0.5) is 13.2 Å². The maximum Gasteiger partial charge on any atom is 0.573 e. The highest BCUT2D eigenvalue weighted by Gasteiger charge is 2.34. The maximum atomic E-state index is 12.7. The van der Waals surface area contributed by atoms with E-state index in [0.29, 0.717) is 15.1 Å². The zero-order chi connectivity index (χ0) is 23.0. The minimum Gasteiger partial charge on any atom is -0.481 e. The number of para-hydroxylation sites is 1. The molecule has 0 fully saturated rings. The van der Waals surface area contributed by atoms with Crippen molar-refractivity contribution in [1.29, 1.82) is 0 Å². The zero-order valence-electron chi connectivity index (χ0n) is 16.2. The van der Waals surface area contributed by atoms with E-state index in [4.69, 9.17) is 4.74 Å². The van der Waals surface area contributed by atoms with Gasteiger partial charge in [-0.25, -0.2) is 14.6 Å². The number of aryl methyl sites for hydroxylation is 2. The van der Waals surface area contributed by atoms with E-state index in [-0.39, 0.29) is 17.7 Å². The molecule has 166 valence electrons. The molecule has 1 N–H and O–H groups in total. The second kappa shape index (κ2) is 7.90. The summed E-state index contributed by atoms with van der Waals surface area (Å²) in [5.41, 5.74) is -0.567. The topological polar surface area (TPSA) is 130 Å². The predicted molar refractivity (Wildman–Crippen MR) is 99.1 cm³/mol. The van der Waals surface area contributed by atoms with E-state index in [1.165, 1.54) is 26.2 Å². The van der Waals surface area contributed by atoms with Crippen LogP contribution in [0.1, 0.15) is 11.5 Å². The van der Waals surface area contributed by atoms with E-state index in [0.717, 1.165) is 18.2 Å². The number of alkyl halides is 3. The molecule has 15 heteroatoms. The molecule has 0 aliphatic heterocycles. The Kier molecular flexibility index (Phi) is 5.62. The summed E-state index contributed by atoms with van der Waals surface area (Å²) in [6, 6.07) is 5.58. The summed E-state index contributed by atoms with van der Waals surface area (Å²) in [7, 11) is -3.33. The quantitative estimate of drug-likeness (QED) is 0.582. The number of nitrogens with zero attached hydrogens (tertiary/aromatic N) is 5. The van der Waals surface area contributed by atoms with Gasteiger partial charge < -0.3 is 9.47 Å². The van der Waals surface area contributed by atoms with Crippen LogP contribution in [-0.4, -0.2) is 46.3 Å². The Morgan fingerprint density at radius 1 is 1.13 bits per heavy atom. The highest BCUT2D eigenvalue weighted by atomic mass is 32.2. The average molecular weight is 460 g/mol. The van der Waals surface area contributed by atoms with Gasteiger partial charge in [-0.2, -0.15) is 18.1 Å². The summed E-state index contributed by atoms with van der Waals surface area (Å²) in [6.45, 7) is 2.91. The van der Waals surface area contributed by atoms with Crippen molar-refractivity contribution in [2.24, 2.45) is 0 Å². The number of sulfonamides is 1. The van der Waals surface area contributed by atoms with Crippen molar-refractivity contribution in [3.63, 3.8) is 0 Å². The van der Waals surface area contributed by atoms with Crippen molar-refractivity contribution in [3.8, 4) is 17.6 Å². The van der Waals surface area contributed by atoms with Crippen LogP contribution in [0.25, 0.3) is 5.95 Å². The standard InChI is InChI=1S/C16H15F3N6O5S/c1-9-8-13(29-3)21-14(20-9)25-15(26)24(10(2)22-25)23-31(27,28)12-7-5-4-6-11(12)30-16(17,18)19/h4-8,23H,1-3H3. The Morgan fingerprint density at radius 3 is 2.45 bits per heavy atom. The second-order valence-corrected chi connectivity index (χ2v) is 7.65. The third kappa shape index (κ3) is 4.76. The fraction of sp³-hybridized carbons (Fsp3) is 0.250. The van der Waals surface area contributed by atoms with Crippen LogP contribution < -0.4 is 20.0 Å². The molecule has 1 aromatic carbocycles. The number of nitrogens with one attached hydrogen (secondary N) is 1. The monoisotopic (exact) mass is 460 g/mol. The predicted octanol–water partition coefficient (Wildman–Crippen LogP) is 1.28. The van der Waals surface area contributed by atoms with Crippen LogP contribution in [0.3, 0.4) is 0 Å². The van der Waals surface area contributed by atoms with Crippen molar-refractivity contribution < 1.29 is 31.1 Å². The van der Waals surface area contributed by atoms with Crippen LogP contribution in [0.2, 0.25) is 0 Å². The van der Waals surface area contributed by atoms with Gasteiger partial charge in [-0.3, -0.25) is 0 Å². The first-order valence-corrected chi connectivity index (χ1v) is 9.86. The van der Waals surface area contributed by atoms with E-state index in [1.54, 1.807) is 6.92 Å². The van der Waals surface area contributed by atoms with Crippen molar-refractivity contribution in [2.75, 3.05) is 11.9 Å². The normalized spacial score (nSPS) is 11.9. The van der Waals surface area contributed by atoms with Crippen LogP contribution >= 0.6 is 0 Å². The van der Waals surface area contributed by atoms with E-state index in [2.05, 4.69) is 19.8 Å². The molecule has 0 aliphatic carbocycles. The third-order valence-electron chi connectivity index (χ3n) is 3.73. The Balaban J connectivity index is 2.04. The molecule has 0 spiro atoms. The largest absolute Gasteiger partial charge is 0.573 e. The summed E-state index contributed by atoms with van der Waals surface area (Å²) in [5.74, 6) is -1.15. The van der Waals surface area contributed by atoms with Gasteiger partial charge in [0.15, 0.2) is 5.82 Å². The van der Waals surface area contributed by atoms with Gasteiger partial charge in [0.05, 0.1) is 7.11 Å². The fourth-order valence-electron chi connectivity index (χ4n) is 2.48. The Hall–Kier alpha value is -3.62. The highest BCUT2D eigenvalue weighted by Crippen LogP contribution is 2.29. The van der Waals surface area contributed by atoms with E-state index in [1.807, 2.05) is 4.83 Å².